The first kappa shape index (κ1) is 9.96. The first-order valence-electron chi connectivity index (χ1n) is 4.66. The first-order chi connectivity index (χ1) is 5.65. The second-order valence-corrected chi connectivity index (χ2v) is 3.90. The molecule has 0 saturated carbocycles. The number of aliphatic hydroxyl groups is 1. The number of hydrogen-bond acceptors (Lipinski definition) is 3. The van der Waals surface area contributed by atoms with Crippen molar-refractivity contribution in [3.8, 4) is 0 Å². The maximum Gasteiger partial charge on any atom is 0.0599 e. The van der Waals surface area contributed by atoms with E-state index in [1.165, 1.54) is 6.42 Å². The summed E-state index contributed by atoms with van der Waals surface area (Å²) >= 11 is 0. The van der Waals surface area contributed by atoms with Crippen molar-refractivity contribution in [1.29, 1.82) is 0 Å². The molecule has 0 aromatic rings. The summed E-state index contributed by atoms with van der Waals surface area (Å²) in [4.78, 5) is 4.57. The van der Waals surface area contributed by atoms with Crippen molar-refractivity contribution in [2.75, 3.05) is 33.8 Å². The largest absolute Gasteiger partial charge is 0.395 e. The number of nitrogens with zero attached hydrogens (tertiary/aromatic N) is 2. The van der Waals surface area contributed by atoms with Gasteiger partial charge in [0.05, 0.1) is 6.61 Å². The molecule has 0 radical (unpaired) electrons. The topological polar surface area (TPSA) is 26.7 Å². The fraction of sp³-hybridized carbons (Fsp3) is 1.00. The molecule has 1 heterocycles. The normalized spacial score (nSPS) is 35.0. The number of hydrogen-bond donors (Lipinski definition) is 1. The lowest BCUT2D eigenvalue weighted by atomic mass is 10.2. The van der Waals surface area contributed by atoms with Gasteiger partial charge in [-0.05, 0) is 34.0 Å². The van der Waals surface area contributed by atoms with Gasteiger partial charge in [-0.25, -0.2) is 0 Å². The Morgan fingerprint density at radius 2 is 2.08 bits per heavy atom. The molecule has 12 heavy (non-hydrogen) atoms. The van der Waals surface area contributed by atoms with Crippen LogP contribution >= 0.6 is 0 Å². The Hall–Kier alpha value is -0.120. The number of likely N-dealkylation sites (N-methyl/N-ethyl adjacent to an activating group) is 2. The third-order valence-electron chi connectivity index (χ3n) is 2.93. The minimum absolute atomic E-state index is 0.269. The Morgan fingerprint density at radius 1 is 1.42 bits per heavy atom. The summed E-state index contributed by atoms with van der Waals surface area (Å²) in [6.07, 6.45) is 1.20. The van der Waals surface area contributed by atoms with Gasteiger partial charge in [0, 0.05) is 18.6 Å². The van der Waals surface area contributed by atoms with E-state index in [0.717, 1.165) is 13.1 Å². The van der Waals surface area contributed by atoms with Crippen LogP contribution in [0.2, 0.25) is 0 Å². The molecule has 1 N–H and O–H groups in total. The molecule has 1 rings (SSSR count). The van der Waals surface area contributed by atoms with Crippen molar-refractivity contribution in [2.45, 2.75) is 25.4 Å². The maximum atomic E-state index is 9.15. The van der Waals surface area contributed by atoms with Crippen molar-refractivity contribution in [3.05, 3.63) is 0 Å². The molecule has 0 aliphatic carbocycles. The summed E-state index contributed by atoms with van der Waals surface area (Å²) in [6, 6.07) is 0.902. The van der Waals surface area contributed by atoms with E-state index in [0.29, 0.717) is 12.1 Å². The Bertz CT molecular complexity index is 140. The van der Waals surface area contributed by atoms with Crippen LogP contribution in [0.1, 0.15) is 13.3 Å². The summed E-state index contributed by atoms with van der Waals surface area (Å²) < 4.78 is 0. The van der Waals surface area contributed by atoms with Crippen LogP contribution in [-0.4, -0.2) is 60.8 Å². The highest BCUT2D eigenvalue weighted by Crippen LogP contribution is 2.12. The summed E-state index contributed by atoms with van der Waals surface area (Å²) in [6.45, 7) is 4.62. The smallest absolute Gasteiger partial charge is 0.0599 e. The van der Waals surface area contributed by atoms with Crippen LogP contribution < -0.4 is 0 Å². The van der Waals surface area contributed by atoms with E-state index in [1.54, 1.807) is 0 Å². The molecule has 3 heteroatoms. The van der Waals surface area contributed by atoms with Gasteiger partial charge in [0.15, 0.2) is 0 Å². The highest BCUT2D eigenvalue weighted by atomic mass is 16.3. The molecule has 1 aliphatic heterocycles. The van der Waals surface area contributed by atoms with E-state index in [4.69, 9.17) is 5.11 Å². The zero-order chi connectivity index (χ0) is 9.14. The van der Waals surface area contributed by atoms with Crippen LogP contribution in [-0.2, 0) is 0 Å². The van der Waals surface area contributed by atoms with Gasteiger partial charge in [0.2, 0.25) is 0 Å². The first-order valence-corrected chi connectivity index (χ1v) is 4.66. The molecule has 0 spiro atoms. The van der Waals surface area contributed by atoms with E-state index >= 15 is 0 Å². The third-order valence-corrected chi connectivity index (χ3v) is 2.93. The van der Waals surface area contributed by atoms with Gasteiger partial charge in [0.1, 0.15) is 0 Å². The van der Waals surface area contributed by atoms with E-state index in [1.807, 2.05) is 0 Å². The molecule has 1 aliphatic rings. The molecule has 3 nitrogen and oxygen atoms in total. The molecular weight excluding hydrogens is 152 g/mol. The maximum absolute atomic E-state index is 9.15. The molecule has 1 saturated heterocycles. The summed E-state index contributed by atoms with van der Waals surface area (Å²) in [5.41, 5.74) is 0. The molecule has 0 aromatic carbocycles. The van der Waals surface area contributed by atoms with Crippen LogP contribution in [0.5, 0.6) is 0 Å². The molecule has 0 bridgehead atoms. The monoisotopic (exact) mass is 172 g/mol. The van der Waals surface area contributed by atoms with E-state index in [-0.39, 0.29) is 6.61 Å². The average molecular weight is 172 g/mol. The molecule has 72 valence electrons. The van der Waals surface area contributed by atoms with Gasteiger partial charge in [-0.15, -0.1) is 0 Å². The Balaban J connectivity index is 2.58. The quantitative estimate of drug-likeness (QED) is 0.603. The minimum atomic E-state index is 0.269. The van der Waals surface area contributed by atoms with Crippen molar-refractivity contribution in [2.24, 2.45) is 0 Å². The Labute approximate surface area is 75.0 Å². The zero-order valence-electron chi connectivity index (χ0n) is 8.32. The standard InChI is InChI=1S/C9H20N2O/c1-8-4-5-10(2)6-9(7-12)11(8)3/h8-9,12H,4-7H2,1-3H3. The lowest BCUT2D eigenvalue weighted by Crippen LogP contribution is -2.43. The average Bonchev–Trinajstić information content (AvgIpc) is 2.18. The van der Waals surface area contributed by atoms with Crippen LogP contribution in [0.25, 0.3) is 0 Å². The highest BCUT2D eigenvalue weighted by molar-refractivity contribution is 4.80. The Morgan fingerprint density at radius 3 is 2.67 bits per heavy atom. The number of aliphatic hydroxyl groups excluding tert-OH is 1. The van der Waals surface area contributed by atoms with Gasteiger partial charge in [-0.1, -0.05) is 0 Å². The van der Waals surface area contributed by atoms with Gasteiger partial charge >= 0.3 is 0 Å². The van der Waals surface area contributed by atoms with Crippen LogP contribution in [0.15, 0.2) is 0 Å². The molecule has 2 unspecified atom stereocenters. The predicted octanol–water partition coefficient (Wildman–Crippen LogP) is 0.00310. The second-order valence-electron chi connectivity index (χ2n) is 3.90. The van der Waals surface area contributed by atoms with Crippen LogP contribution in [0.4, 0.5) is 0 Å². The van der Waals surface area contributed by atoms with Gasteiger partial charge in [-0.3, -0.25) is 4.90 Å². The van der Waals surface area contributed by atoms with Gasteiger partial charge < -0.3 is 10.0 Å². The lowest BCUT2D eigenvalue weighted by molar-refractivity contribution is 0.114. The van der Waals surface area contributed by atoms with Crippen LogP contribution in [0, 0.1) is 0 Å². The van der Waals surface area contributed by atoms with Crippen molar-refractivity contribution in [3.63, 3.8) is 0 Å². The minimum Gasteiger partial charge on any atom is -0.395 e. The van der Waals surface area contributed by atoms with E-state index < -0.39 is 0 Å². The Kier molecular flexibility index (Phi) is 3.50. The molecular formula is C9H20N2O. The van der Waals surface area contributed by atoms with Gasteiger partial charge in [0.25, 0.3) is 0 Å². The lowest BCUT2D eigenvalue weighted by Gasteiger charge is -2.29. The van der Waals surface area contributed by atoms with Crippen molar-refractivity contribution >= 4 is 0 Å². The summed E-state index contributed by atoms with van der Waals surface area (Å²) in [7, 11) is 4.22. The fourth-order valence-corrected chi connectivity index (χ4v) is 1.74. The molecule has 1 fully saturated rings. The zero-order valence-corrected chi connectivity index (χ0v) is 8.32. The number of rotatable bonds is 1. The van der Waals surface area contributed by atoms with Gasteiger partial charge in [-0.2, -0.15) is 0 Å². The highest BCUT2D eigenvalue weighted by Gasteiger charge is 2.23. The van der Waals surface area contributed by atoms with Crippen LogP contribution in [0.3, 0.4) is 0 Å². The predicted molar refractivity (Wildman–Crippen MR) is 50.2 cm³/mol. The molecule has 0 aromatic heterocycles. The van der Waals surface area contributed by atoms with Crippen molar-refractivity contribution in [1.82, 2.24) is 9.80 Å². The SMILES string of the molecule is CC1CCN(C)CC(CO)N1C. The molecule has 0 amide bonds. The van der Waals surface area contributed by atoms with E-state index in [9.17, 15) is 0 Å². The molecule has 2 atom stereocenters. The second kappa shape index (κ2) is 4.21. The van der Waals surface area contributed by atoms with Crippen molar-refractivity contribution < 1.29 is 5.11 Å². The van der Waals surface area contributed by atoms with E-state index in [2.05, 4.69) is 30.8 Å². The summed E-state index contributed by atoms with van der Waals surface area (Å²) in [5.74, 6) is 0. The fourth-order valence-electron chi connectivity index (χ4n) is 1.74. The summed E-state index contributed by atoms with van der Waals surface area (Å²) in [5, 5.41) is 9.15. The third kappa shape index (κ3) is 2.19.